The number of ether oxygens (including phenoxy) is 1. The molecule has 0 aliphatic carbocycles. The average molecular weight is 409 g/mol. The summed E-state index contributed by atoms with van der Waals surface area (Å²) in [5.74, 6) is 0.137. The second kappa shape index (κ2) is 5.81. The lowest BCUT2D eigenvalue weighted by atomic mass is 10.3. The summed E-state index contributed by atoms with van der Waals surface area (Å²) in [7, 11) is 0. The van der Waals surface area contributed by atoms with Gasteiger partial charge in [-0.1, -0.05) is 17.7 Å². The number of benzene rings is 1. The number of aromatic nitrogens is 2. The third-order valence-electron chi connectivity index (χ3n) is 2.06. The molecule has 2 aromatic rings. The average Bonchev–Trinajstić information content (AvgIpc) is 2.36. The molecule has 0 amide bonds. The number of hydrogen-bond acceptors (Lipinski definition) is 5. The van der Waals surface area contributed by atoms with Gasteiger partial charge in [0, 0.05) is 6.07 Å². The molecule has 19 heavy (non-hydrogen) atoms. The summed E-state index contributed by atoms with van der Waals surface area (Å²) in [6.07, 6.45) is 1.20. The van der Waals surface area contributed by atoms with Crippen LogP contribution in [0.1, 0.15) is 0 Å². The molecule has 2 rings (SSSR count). The van der Waals surface area contributed by atoms with Crippen molar-refractivity contribution in [1.29, 1.82) is 0 Å². The predicted octanol–water partition coefficient (Wildman–Crippen LogP) is 4.36. The summed E-state index contributed by atoms with van der Waals surface area (Å²) in [5.41, 5.74) is -0.184. The maximum atomic E-state index is 11.0. The van der Waals surface area contributed by atoms with Crippen LogP contribution in [-0.4, -0.2) is 14.9 Å². The van der Waals surface area contributed by atoms with Gasteiger partial charge in [0.25, 0.3) is 0 Å². The van der Waals surface area contributed by atoms with E-state index in [1.807, 2.05) is 0 Å². The zero-order chi connectivity index (χ0) is 14.0. The lowest BCUT2D eigenvalue weighted by Gasteiger charge is -2.08. The maximum Gasteiger partial charge on any atom is 0.312 e. The van der Waals surface area contributed by atoms with Crippen LogP contribution in [0.2, 0.25) is 5.15 Å². The molecule has 0 N–H and O–H groups in total. The number of nitrogens with zero attached hydrogens (tertiary/aromatic N) is 3. The van der Waals surface area contributed by atoms with Crippen LogP contribution >= 0.6 is 43.5 Å². The molecule has 0 aliphatic heterocycles. The minimum atomic E-state index is -0.545. The molecule has 0 saturated carbocycles. The standard InChI is InChI=1S/C10H4Br2ClN3O3/c11-5-2-1-3-6(16(17)18)8(5)19-10-7(12)9(13)14-4-15-10/h1-4H. The fourth-order valence-corrected chi connectivity index (χ4v) is 2.09. The first-order valence-corrected chi connectivity index (χ1v) is 6.74. The van der Waals surface area contributed by atoms with Gasteiger partial charge in [-0.25, -0.2) is 9.97 Å². The molecule has 1 aromatic heterocycles. The largest absolute Gasteiger partial charge is 0.429 e. The van der Waals surface area contributed by atoms with Crippen LogP contribution in [-0.2, 0) is 0 Å². The van der Waals surface area contributed by atoms with E-state index in [0.29, 0.717) is 8.95 Å². The Morgan fingerprint density at radius 3 is 2.74 bits per heavy atom. The predicted molar refractivity (Wildman–Crippen MR) is 75.6 cm³/mol. The van der Waals surface area contributed by atoms with Crippen molar-refractivity contribution in [2.45, 2.75) is 0 Å². The Morgan fingerprint density at radius 1 is 1.32 bits per heavy atom. The van der Waals surface area contributed by atoms with E-state index in [4.69, 9.17) is 16.3 Å². The number of nitro benzene ring substituents is 1. The quantitative estimate of drug-likeness (QED) is 0.428. The summed E-state index contributed by atoms with van der Waals surface area (Å²) in [6.45, 7) is 0. The molecular weight excluding hydrogens is 405 g/mol. The van der Waals surface area contributed by atoms with Gasteiger partial charge in [-0.15, -0.1) is 0 Å². The maximum absolute atomic E-state index is 11.0. The van der Waals surface area contributed by atoms with Crippen molar-refractivity contribution in [2.75, 3.05) is 0 Å². The fraction of sp³-hybridized carbons (Fsp3) is 0. The second-order valence-corrected chi connectivity index (χ2v) is 5.24. The summed E-state index contributed by atoms with van der Waals surface area (Å²) < 4.78 is 6.20. The van der Waals surface area contributed by atoms with Crippen LogP contribution in [0.3, 0.4) is 0 Å². The topological polar surface area (TPSA) is 78.2 Å². The van der Waals surface area contributed by atoms with Gasteiger partial charge >= 0.3 is 5.69 Å². The van der Waals surface area contributed by atoms with Crippen molar-refractivity contribution < 1.29 is 9.66 Å². The van der Waals surface area contributed by atoms with Gasteiger partial charge in [-0.3, -0.25) is 10.1 Å². The molecule has 0 spiro atoms. The van der Waals surface area contributed by atoms with Crippen molar-refractivity contribution in [3.05, 3.63) is 48.7 Å². The molecule has 1 heterocycles. The Morgan fingerprint density at radius 2 is 2.05 bits per heavy atom. The molecule has 0 bridgehead atoms. The van der Waals surface area contributed by atoms with Crippen LogP contribution in [0, 0.1) is 10.1 Å². The van der Waals surface area contributed by atoms with Crippen molar-refractivity contribution in [1.82, 2.24) is 9.97 Å². The third-order valence-corrected chi connectivity index (χ3v) is 3.91. The van der Waals surface area contributed by atoms with E-state index in [1.165, 1.54) is 18.5 Å². The van der Waals surface area contributed by atoms with Gasteiger partial charge in [0.1, 0.15) is 10.8 Å². The molecule has 0 atom stereocenters. The van der Waals surface area contributed by atoms with E-state index < -0.39 is 4.92 Å². The first-order valence-electron chi connectivity index (χ1n) is 4.77. The lowest BCUT2D eigenvalue weighted by Crippen LogP contribution is -1.97. The molecule has 98 valence electrons. The van der Waals surface area contributed by atoms with Crippen LogP contribution in [0.4, 0.5) is 5.69 Å². The Hall–Kier alpha value is -1.25. The highest BCUT2D eigenvalue weighted by Gasteiger charge is 2.21. The summed E-state index contributed by atoms with van der Waals surface area (Å²) in [4.78, 5) is 18.0. The van der Waals surface area contributed by atoms with Crippen LogP contribution in [0.15, 0.2) is 33.5 Å². The Balaban J connectivity index is 2.49. The van der Waals surface area contributed by atoms with Crippen LogP contribution in [0.25, 0.3) is 0 Å². The van der Waals surface area contributed by atoms with Gasteiger partial charge in [0.05, 0.1) is 9.40 Å². The Labute approximate surface area is 129 Å². The number of halogens is 3. The van der Waals surface area contributed by atoms with Crippen molar-refractivity contribution in [3.8, 4) is 11.6 Å². The van der Waals surface area contributed by atoms with Crippen LogP contribution < -0.4 is 4.74 Å². The normalized spacial score (nSPS) is 10.3. The number of hydrogen-bond donors (Lipinski definition) is 0. The lowest BCUT2D eigenvalue weighted by molar-refractivity contribution is -0.385. The van der Waals surface area contributed by atoms with Gasteiger partial charge in [-0.05, 0) is 37.9 Å². The molecular formula is C10H4Br2ClN3O3. The summed E-state index contributed by atoms with van der Waals surface area (Å²) in [5, 5.41) is 11.1. The van der Waals surface area contributed by atoms with Gasteiger partial charge in [0.2, 0.25) is 11.6 Å². The van der Waals surface area contributed by atoms with Gasteiger partial charge in [0.15, 0.2) is 5.15 Å². The van der Waals surface area contributed by atoms with E-state index in [1.54, 1.807) is 6.07 Å². The Kier molecular flexibility index (Phi) is 4.33. The molecule has 0 saturated heterocycles. The fourth-order valence-electron chi connectivity index (χ4n) is 1.24. The molecule has 0 unspecified atom stereocenters. The molecule has 0 aliphatic rings. The highest BCUT2D eigenvalue weighted by Crippen LogP contribution is 2.40. The van der Waals surface area contributed by atoms with E-state index in [0.717, 1.165) is 0 Å². The number of para-hydroxylation sites is 1. The minimum absolute atomic E-state index is 0.0444. The van der Waals surface area contributed by atoms with Crippen LogP contribution in [0.5, 0.6) is 11.6 Å². The smallest absolute Gasteiger partial charge is 0.312 e. The van der Waals surface area contributed by atoms with Crippen molar-refractivity contribution in [3.63, 3.8) is 0 Å². The minimum Gasteiger partial charge on any atom is -0.429 e. The molecule has 6 nitrogen and oxygen atoms in total. The van der Waals surface area contributed by atoms with Gasteiger partial charge < -0.3 is 4.74 Å². The second-order valence-electron chi connectivity index (χ2n) is 3.23. The summed E-state index contributed by atoms with van der Waals surface area (Å²) >= 11 is 12.2. The molecule has 0 fully saturated rings. The van der Waals surface area contributed by atoms with E-state index >= 15 is 0 Å². The van der Waals surface area contributed by atoms with Crippen molar-refractivity contribution in [2.24, 2.45) is 0 Å². The molecule has 1 aromatic carbocycles. The number of nitro groups is 1. The highest BCUT2D eigenvalue weighted by molar-refractivity contribution is 9.11. The van der Waals surface area contributed by atoms with Crippen molar-refractivity contribution >= 4 is 49.1 Å². The van der Waals surface area contributed by atoms with Gasteiger partial charge in [-0.2, -0.15) is 0 Å². The first-order chi connectivity index (χ1) is 9.00. The zero-order valence-electron chi connectivity index (χ0n) is 9.01. The first kappa shape index (κ1) is 14.2. The third kappa shape index (κ3) is 3.02. The Bertz CT molecular complexity index is 654. The highest BCUT2D eigenvalue weighted by atomic mass is 79.9. The molecule has 9 heteroatoms. The SMILES string of the molecule is O=[N+]([O-])c1cccc(Br)c1Oc1ncnc(Cl)c1Br. The van der Waals surface area contributed by atoms with E-state index in [9.17, 15) is 10.1 Å². The van der Waals surface area contributed by atoms with E-state index in [2.05, 4.69) is 41.8 Å². The number of rotatable bonds is 3. The summed E-state index contributed by atoms with van der Waals surface area (Å²) in [6, 6.07) is 4.49. The zero-order valence-corrected chi connectivity index (χ0v) is 12.9. The monoisotopic (exact) mass is 407 g/mol. The van der Waals surface area contributed by atoms with E-state index in [-0.39, 0.29) is 22.5 Å². The molecule has 0 radical (unpaired) electrons.